The van der Waals surface area contributed by atoms with Gasteiger partial charge in [-0.25, -0.2) is 8.78 Å². The lowest BCUT2D eigenvalue weighted by molar-refractivity contribution is 0.467. The molecule has 0 radical (unpaired) electrons. The largest absolute Gasteiger partial charge is 0.337 e. The number of anilines is 2. The summed E-state index contributed by atoms with van der Waals surface area (Å²) in [4.78, 5) is 3.17. The molecule has 0 spiro atoms. The van der Waals surface area contributed by atoms with E-state index in [1.165, 1.54) is 0 Å². The highest BCUT2D eigenvalue weighted by Gasteiger charge is 2.12. The molecule has 18 heavy (non-hydrogen) atoms. The van der Waals surface area contributed by atoms with E-state index in [9.17, 15) is 13.2 Å². The van der Waals surface area contributed by atoms with Crippen LogP contribution >= 0.6 is 11.6 Å². The number of hydrogen-bond donors (Lipinski definition) is 1. The Morgan fingerprint density at radius 3 is 2.61 bits per heavy atom. The number of halogens is 4. The minimum atomic E-state index is -1.36. The highest BCUT2D eigenvalue weighted by Crippen LogP contribution is 2.26. The Hall–Kier alpha value is -1.75. The van der Waals surface area contributed by atoms with Crippen molar-refractivity contribution in [1.29, 1.82) is 0 Å². The first kappa shape index (κ1) is 12.7. The molecule has 1 heterocycles. The third kappa shape index (κ3) is 2.41. The molecular weight excluding hydrogens is 265 g/mol. The van der Waals surface area contributed by atoms with E-state index >= 15 is 0 Å². The number of pyridine rings is 1. The predicted molar refractivity (Wildman–Crippen MR) is 63.6 cm³/mol. The van der Waals surface area contributed by atoms with Crippen LogP contribution in [0.3, 0.4) is 0 Å². The van der Waals surface area contributed by atoms with E-state index < -0.39 is 17.6 Å². The van der Waals surface area contributed by atoms with Crippen LogP contribution in [0.2, 0.25) is 5.02 Å². The molecule has 0 aliphatic carbocycles. The molecule has 1 aromatic heterocycles. The Morgan fingerprint density at radius 2 is 1.89 bits per heavy atom. The van der Waals surface area contributed by atoms with Crippen molar-refractivity contribution in [3.8, 4) is 0 Å². The van der Waals surface area contributed by atoms with Gasteiger partial charge in [-0.3, -0.25) is 0 Å². The predicted octanol–water partition coefficient (Wildman–Crippen LogP) is 4.20. The molecule has 0 atom stereocenters. The minimum absolute atomic E-state index is 0.390. The van der Waals surface area contributed by atoms with Crippen LogP contribution < -0.4 is 5.32 Å². The fourth-order valence-electron chi connectivity index (χ4n) is 1.40. The standard InChI is InChI=1S/C12H8ClF3N2/c1-6-7(13)3-2-4-10(6)17-12-9(15)5-8(14)11(16)18-12/h2-5H,1H3,(H,17,18). The van der Waals surface area contributed by atoms with Gasteiger partial charge in [0.15, 0.2) is 17.5 Å². The lowest BCUT2D eigenvalue weighted by atomic mass is 10.2. The number of aromatic nitrogens is 1. The monoisotopic (exact) mass is 272 g/mol. The van der Waals surface area contributed by atoms with Crippen LogP contribution in [0.25, 0.3) is 0 Å². The number of benzene rings is 1. The maximum atomic E-state index is 13.4. The third-order valence-corrected chi connectivity index (χ3v) is 2.82. The van der Waals surface area contributed by atoms with E-state index in [4.69, 9.17) is 11.6 Å². The fraction of sp³-hybridized carbons (Fsp3) is 0.0833. The van der Waals surface area contributed by atoms with Gasteiger partial charge in [0.25, 0.3) is 5.95 Å². The zero-order chi connectivity index (χ0) is 13.3. The lowest BCUT2D eigenvalue weighted by Crippen LogP contribution is -2.02. The molecule has 0 saturated heterocycles. The molecule has 94 valence electrons. The first-order valence-corrected chi connectivity index (χ1v) is 5.40. The van der Waals surface area contributed by atoms with Crippen LogP contribution in [-0.4, -0.2) is 4.98 Å². The zero-order valence-electron chi connectivity index (χ0n) is 9.27. The molecule has 0 aliphatic heterocycles. The van der Waals surface area contributed by atoms with Gasteiger partial charge in [0, 0.05) is 16.8 Å². The van der Waals surface area contributed by atoms with Gasteiger partial charge >= 0.3 is 0 Å². The van der Waals surface area contributed by atoms with Crippen LogP contribution in [0.15, 0.2) is 24.3 Å². The van der Waals surface area contributed by atoms with Crippen LogP contribution in [-0.2, 0) is 0 Å². The SMILES string of the molecule is Cc1c(Cl)cccc1Nc1nc(F)c(F)cc1F. The number of nitrogens with zero attached hydrogens (tertiary/aromatic N) is 1. The number of nitrogens with one attached hydrogen (secondary N) is 1. The van der Waals surface area contributed by atoms with Crippen LogP contribution in [0.4, 0.5) is 24.7 Å². The Morgan fingerprint density at radius 1 is 1.17 bits per heavy atom. The summed E-state index contributed by atoms with van der Waals surface area (Å²) in [6.07, 6.45) is 0. The zero-order valence-corrected chi connectivity index (χ0v) is 10.0. The van der Waals surface area contributed by atoms with Gasteiger partial charge in [0.1, 0.15) is 0 Å². The molecule has 0 amide bonds. The summed E-state index contributed by atoms with van der Waals surface area (Å²) >= 11 is 5.89. The Labute approximate surface area is 106 Å². The van der Waals surface area contributed by atoms with Crippen molar-refractivity contribution in [2.24, 2.45) is 0 Å². The van der Waals surface area contributed by atoms with Crippen molar-refractivity contribution in [1.82, 2.24) is 4.98 Å². The van der Waals surface area contributed by atoms with Crippen molar-refractivity contribution in [2.75, 3.05) is 5.32 Å². The molecular formula is C12H8ClF3N2. The second-order valence-corrected chi connectivity index (χ2v) is 4.04. The number of rotatable bonds is 2. The first-order valence-electron chi connectivity index (χ1n) is 5.02. The maximum Gasteiger partial charge on any atom is 0.251 e. The molecule has 0 bridgehead atoms. The highest BCUT2D eigenvalue weighted by molar-refractivity contribution is 6.31. The fourth-order valence-corrected chi connectivity index (χ4v) is 1.58. The van der Waals surface area contributed by atoms with Crippen LogP contribution in [0.5, 0.6) is 0 Å². The Kier molecular flexibility index (Phi) is 3.43. The highest BCUT2D eigenvalue weighted by atomic mass is 35.5. The van der Waals surface area contributed by atoms with Gasteiger partial charge in [-0.15, -0.1) is 0 Å². The number of hydrogen-bond acceptors (Lipinski definition) is 2. The van der Waals surface area contributed by atoms with E-state index in [1.54, 1.807) is 25.1 Å². The van der Waals surface area contributed by atoms with E-state index in [1.807, 2.05) is 0 Å². The van der Waals surface area contributed by atoms with Crippen molar-refractivity contribution in [2.45, 2.75) is 6.92 Å². The molecule has 0 unspecified atom stereocenters. The van der Waals surface area contributed by atoms with E-state index in [0.29, 0.717) is 22.3 Å². The normalized spacial score (nSPS) is 10.5. The molecule has 1 N–H and O–H groups in total. The molecule has 0 fully saturated rings. The van der Waals surface area contributed by atoms with Gasteiger partial charge in [-0.05, 0) is 24.6 Å². The summed E-state index contributed by atoms with van der Waals surface area (Å²) in [5, 5.41) is 3.05. The van der Waals surface area contributed by atoms with E-state index in [2.05, 4.69) is 10.3 Å². The van der Waals surface area contributed by atoms with Gasteiger partial charge < -0.3 is 5.32 Å². The summed E-state index contributed by atoms with van der Waals surface area (Å²) in [5.41, 5.74) is 1.13. The van der Waals surface area contributed by atoms with Crippen molar-refractivity contribution in [3.63, 3.8) is 0 Å². The topological polar surface area (TPSA) is 24.9 Å². The molecule has 0 aliphatic rings. The summed E-state index contributed by atoms with van der Waals surface area (Å²) in [6, 6.07) is 5.38. The lowest BCUT2D eigenvalue weighted by Gasteiger charge is -2.10. The second kappa shape index (κ2) is 4.86. The average molecular weight is 273 g/mol. The summed E-state index contributed by atoms with van der Waals surface area (Å²) in [6.45, 7) is 1.71. The third-order valence-electron chi connectivity index (χ3n) is 2.41. The Balaban J connectivity index is 2.40. The van der Waals surface area contributed by atoms with Gasteiger partial charge in [0.05, 0.1) is 0 Å². The summed E-state index contributed by atoms with van der Waals surface area (Å²) in [7, 11) is 0. The molecule has 2 aromatic rings. The van der Waals surface area contributed by atoms with Crippen LogP contribution in [0.1, 0.15) is 5.56 Å². The smallest absolute Gasteiger partial charge is 0.251 e. The van der Waals surface area contributed by atoms with Crippen molar-refractivity contribution < 1.29 is 13.2 Å². The molecule has 1 aromatic carbocycles. The van der Waals surface area contributed by atoms with Gasteiger partial charge in [0.2, 0.25) is 0 Å². The molecule has 6 heteroatoms. The molecule has 2 nitrogen and oxygen atoms in total. The van der Waals surface area contributed by atoms with Crippen molar-refractivity contribution >= 4 is 23.1 Å². The Bertz CT molecular complexity index is 602. The summed E-state index contributed by atoms with van der Waals surface area (Å²) in [5.74, 6) is -4.06. The van der Waals surface area contributed by atoms with Crippen molar-refractivity contribution in [3.05, 3.63) is 52.4 Å². The maximum absolute atomic E-state index is 13.4. The van der Waals surface area contributed by atoms with Gasteiger partial charge in [-0.1, -0.05) is 17.7 Å². The van der Waals surface area contributed by atoms with Crippen LogP contribution in [0, 0.1) is 24.5 Å². The van der Waals surface area contributed by atoms with E-state index in [0.717, 1.165) is 0 Å². The quantitative estimate of drug-likeness (QED) is 0.829. The molecule has 0 saturated carbocycles. The minimum Gasteiger partial charge on any atom is -0.337 e. The second-order valence-electron chi connectivity index (χ2n) is 3.63. The molecule has 2 rings (SSSR count). The summed E-state index contributed by atoms with van der Waals surface area (Å²) < 4.78 is 39.0. The first-order chi connectivity index (χ1) is 8.49. The van der Waals surface area contributed by atoms with E-state index in [-0.39, 0.29) is 5.82 Å². The van der Waals surface area contributed by atoms with Gasteiger partial charge in [-0.2, -0.15) is 9.37 Å². The average Bonchev–Trinajstić information content (AvgIpc) is 2.32.